The van der Waals surface area contributed by atoms with Gasteiger partial charge in [-0.15, -0.1) is 0 Å². The average Bonchev–Trinajstić information content (AvgIpc) is 3.38. The molecule has 1 unspecified atom stereocenters. The average molecular weight is 375 g/mol. The Morgan fingerprint density at radius 2 is 2.00 bits per heavy atom. The van der Waals surface area contributed by atoms with Crippen LogP contribution in [-0.4, -0.2) is 45.3 Å². The van der Waals surface area contributed by atoms with E-state index < -0.39 is 17.1 Å². The molecule has 1 N–H and O–H groups in total. The number of amides is 4. The lowest BCUT2D eigenvalue weighted by atomic mass is 9.96. The van der Waals surface area contributed by atoms with E-state index in [4.69, 9.17) is 0 Å². The van der Waals surface area contributed by atoms with Gasteiger partial charge in [0.2, 0.25) is 5.91 Å². The van der Waals surface area contributed by atoms with Crippen LogP contribution >= 0.6 is 0 Å². The first kappa shape index (κ1) is 19.3. The fourth-order valence-corrected chi connectivity index (χ4v) is 3.53. The number of hydrogen-bond donors (Lipinski definition) is 1. The van der Waals surface area contributed by atoms with E-state index in [0.29, 0.717) is 5.56 Å². The first-order valence-corrected chi connectivity index (χ1v) is 9.21. The number of carbonyl (C=O) groups excluding carboxylic acids is 3. The maximum atomic E-state index is 13.5. The van der Waals surface area contributed by atoms with Crippen LogP contribution in [0.3, 0.4) is 0 Å². The van der Waals surface area contributed by atoms with Crippen LogP contribution in [-0.2, 0) is 16.1 Å². The summed E-state index contributed by atoms with van der Waals surface area (Å²) in [5.41, 5.74) is -0.812. The number of benzene rings is 1. The summed E-state index contributed by atoms with van der Waals surface area (Å²) in [5, 5.41) is 2.75. The van der Waals surface area contributed by atoms with Crippen molar-refractivity contribution in [3.63, 3.8) is 0 Å². The van der Waals surface area contributed by atoms with Crippen LogP contribution in [0.5, 0.6) is 0 Å². The standard InChI is InChI=1S/C20H26FN3O3/c1-19(2,3)24(11-13-6-5-7-15(21)10-13)16(25)12-23-17(26)20(4,14-8-9-14)22-18(23)27/h5-7,10,14H,8-9,11-12H2,1-4H3,(H,22,27). The molecule has 1 atom stereocenters. The Hall–Kier alpha value is -2.44. The van der Waals surface area contributed by atoms with Gasteiger partial charge in [0.05, 0.1) is 0 Å². The third-order valence-electron chi connectivity index (χ3n) is 5.33. The molecule has 27 heavy (non-hydrogen) atoms. The lowest BCUT2D eigenvalue weighted by Crippen LogP contribution is -2.51. The molecule has 6 nitrogen and oxygen atoms in total. The zero-order chi connectivity index (χ0) is 20.0. The number of halogens is 1. The number of carbonyl (C=O) groups is 3. The maximum Gasteiger partial charge on any atom is 0.325 e. The summed E-state index contributed by atoms with van der Waals surface area (Å²) in [5.74, 6) is -0.929. The summed E-state index contributed by atoms with van der Waals surface area (Å²) in [4.78, 5) is 40.6. The normalized spacial score (nSPS) is 22.8. The van der Waals surface area contributed by atoms with Crippen LogP contribution in [0, 0.1) is 11.7 Å². The Morgan fingerprint density at radius 3 is 2.56 bits per heavy atom. The second-order valence-electron chi connectivity index (χ2n) is 8.58. The Kier molecular flexibility index (Phi) is 4.74. The molecular weight excluding hydrogens is 349 g/mol. The summed E-state index contributed by atoms with van der Waals surface area (Å²) in [6.07, 6.45) is 1.80. The summed E-state index contributed by atoms with van der Waals surface area (Å²) < 4.78 is 13.5. The molecule has 4 amide bonds. The van der Waals surface area contributed by atoms with E-state index in [1.165, 1.54) is 12.1 Å². The van der Waals surface area contributed by atoms with Crippen molar-refractivity contribution < 1.29 is 18.8 Å². The highest BCUT2D eigenvalue weighted by atomic mass is 19.1. The number of nitrogens with zero attached hydrogens (tertiary/aromatic N) is 2. The van der Waals surface area contributed by atoms with E-state index in [-0.39, 0.29) is 36.6 Å². The lowest BCUT2D eigenvalue weighted by molar-refractivity contribution is -0.142. The highest BCUT2D eigenvalue weighted by Crippen LogP contribution is 2.42. The maximum absolute atomic E-state index is 13.5. The molecule has 146 valence electrons. The van der Waals surface area contributed by atoms with Crippen LogP contribution in [0.2, 0.25) is 0 Å². The van der Waals surface area contributed by atoms with Gasteiger partial charge in [-0.1, -0.05) is 12.1 Å². The van der Waals surface area contributed by atoms with E-state index in [0.717, 1.165) is 17.7 Å². The number of hydrogen-bond acceptors (Lipinski definition) is 3. The minimum atomic E-state index is -0.910. The molecule has 2 aliphatic rings. The van der Waals surface area contributed by atoms with Crippen molar-refractivity contribution in [2.45, 2.75) is 58.2 Å². The van der Waals surface area contributed by atoms with Gasteiger partial charge < -0.3 is 10.2 Å². The third kappa shape index (κ3) is 3.82. The predicted molar refractivity (Wildman–Crippen MR) is 98.1 cm³/mol. The Balaban J connectivity index is 1.77. The van der Waals surface area contributed by atoms with Gasteiger partial charge in [0.25, 0.3) is 5.91 Å². The molecular formula is C20H26FN3O3. The monoisotopic (exact) mass is 375 g/mol. The first-order chi connectivity index (χ1) is 12.5. The lowest BCUT2D eigenvalue weighted by Gasteiger charge is -2.36. The molecule has 1 aliphatic carbocycles. The van der Waals surface area contributed by atoms with Gasteiger partial charge >= 0.3 is 6.03 Å². The molecule has 1 saturated heterocycles. The summed E-state index contributed by atoms with van der Waals surface area (Å²) in [6, 6.07) is 5.53. The Labute approximate surface area is 158 Å². The number of urea groups is 1. The highest BCUT2D eigenvalue weighted by molar-refractivity contribution is 6.09. The fraction of sp³-hybridized carbons (Fsp3) is 0.550. The molecule has 0 aromatic heterocycles. The molecule has 1 heterocycles. The van der Waals surface area contributed by atoms with E-state index in [1.54, 1.807) is 24.0 Å². The summed E-state index contributed by atoms with van der Waals surface area (Å²) in [7, 11) is 0. The van der Waals surface area contributed by atoms with Crippen molar-refractivity contribution in [2.24, 2.45) is 5.92 Å². The van der Waals surface area contributed by atoms with E-state index in [1.807, 2.05) is 20.8 Å². The quantitative estimate of drug-likeness (QED) is 0.805. The minimum absolute atomic E-state index is 0.139. The van der Waals surface area contributed by atoms with E-state index in [9.17, 15) is 18.8 Å². The Morgan fingerprint density at radius 1 is 1.33 bits per heavy atom. The van der Waals surface area contributed by atoms with Crippen molar-refractivity contribution in [1.29, 1.82) is 0 Å². The third-order valence-corrected chi connectivity index (χ3v) is 5.33. The van der Waals surface area contributed by atoms with Gasteiger partial charge in [0.1, 0.15) is 17.9 Å². The smallest absolute Gasteiger partial charge is 0.325 e. The molecule has 1 saturated carbocycles. The van der Waals surface area contributed by atoms with Crippen molar-refractivity contribution in [2.75, 3.05) is 6.54 Å². The molecule has 1 aliphatic heterocycles. The molecule has 0 radical (unpaired) electrons. The zero-order valence-corrected chi connectivity index (χ0v) is 16.2. The first-order valence-electron chi connectivity index (χ1n) is 9.21. The second kappa shape index (κ2) is 6.62. The van der Waals surface area contributed by atoms with Crippen LogP contribution < -0.4 is 5.32 Å². The summed E-state index contributed by atoms with van der Waals surface area (Å²) >= 11 is 0. The second-order valence-corrected chi connectivity index (χ2v) is 8.58. The molecule has 1 aromatic carbocycles. The van der Waals surface area contributed by atoms with Gasteiger partial charge in [0, 0.05) is 12.1 Å². The molecule has 2 fully saturated rings. The van der Waals surface area contributed by atoms with Crippen molar-refractivity contribution in [3.05, 3.63) is 35.6 Å². The topological polar surface area (TPSA) is 69.7 Å². The molecule has 0 spiro atoms. The largest absolute Gasteiger partial charge is 0.332 e. The Bertz CT molecular complexity index is 785. The van der Waals surface area contributed by atoms with Gasteiger partial charge in [0.15, 0.2) is 0 Å². The zero-order valence-electron chi connectivity index (χ0n) is 16.2. The highest BCUT2D eigenvalue weighted by Gasteiger charge is 2.56. The SMILES string of the molecule is CC1(C2CC2)NC(=O)N(CC(=O)N(Cc2cccc(F)c2)C(C)(C)C)C1=O. The van der Waals surface area contributed by atoms with Gasteiger partial charge in [-0.2, -0.15) is 0 Å². The van der Waals surface area contributed by atoms with E-state index >= 15 is 0 Å². The minimum Gasteiger partial charge on any atom is -0.332 e. The molecule has 1 aromatic rings. The number of imide groups is 1. The van der Waals surface area contributed by atoms with E-state index in [2.05, 4.69) is 5.32 Å². The van der Waals surface area contributed by atoms with Crippen LogP contribution in [0.4, 0.5) is 9.18 Å². The van der Waals surface area contributed by atoms with Crippen LogP contribution in [0.15, 0.2) is 24.3 Å². The van der Waals surface area contributed by atoms with Gasteiger partial charge in [-0.3, -0.25) is 14.5 Å². The van der Waals surface area contributed by atoms with Gasteiger partial charge in [-0.25, -0.2) is 9.18 Å². The van der Waals surface area contributed by atoms with Crippen molar-refractivity contribution >= 4 is 17.8 Å². The predicted octanol–water partition coefficient (Wildman–Crippen LogP) is 2.67. The fourth-order valence-electron chi connectivity index (χ4n) is 3.53. The summed E-state index contributed by atoms with van der Waals surface area (Å²) in [6.45, 7) is 7.20. The van der Waals surface area contributed by atoms with Crippen molar-refractivity contribution in [3.8, 4) is 0 Å². The molecule has 0 bridgehead atoms. The number of nitrogens with one attached hydrogen (secondary N) is 1. The van der Waals surface area contributed by atoms with Crippen LogP contribution in [0.1, 0.15) is 46.1 Å². The molecule has 3 rings (SSSR count). The molecule has 7 heteroatoms. The van der Waals surface area contributed by atoms with Gasteiger partial charge in [-0.05, 0) is 64.2 Å². The number of rotatable bonds is 5. The van der Waals surface area contributed by atoms with Crippen LogP contribution in [0.25, 0.3) is 0 Å². The van der Waals surface area contributed by atoms with Crippen molar-refractivity contribution in [1.82, 2.24) is 15.1 Å².